The molecule has 2 heterocycles. The minimum Gasteiger partial charge on any atom is -0.307 e. The molecule has 0 spiro atoms. The smallest absolute Gasteiger partial charge is 0.262 e. The van der Waals surface area contributed by atoms with E-state index in [1.807, 2.05) is 47.0 Å². The zero-order valence-electron chi connectivity index (χ0n) is 25.0. The Kier molecular flexibility index (Phi) is 5.97. The third-order valence-corrected chi connectivity index (χ3v) is 9.09. The number of hydrogen-bond acceptors (Lipinski definition) is 1. The van der Waals surface area contributed by atoms with Crippen LogP contribution in [0.25, 0.3) is 71.6 Å². The minimum absolute atomic E-state index is 0.0483. The van der Waals surface area contributed by atoms with Crippen molar-refractivity contribution in [3.05, 3.63) is 175 Å². The van der Waals surface area contributed by atoms with Gasteiger partial charge in [-0.25, -0.2) is 0 Å². The van der Waals surface area contributed by atoms with E-state index in [4.69, 9.17) is 0 Å². The molecule has 3 heteroatoms. The molecule has 0 saturated heterocycles. The Morgan fingerprint density at radius 3 is 1.83 bits per heavy atom. The van der Waals surface area contributed by atoms with Crippen LogP contribution in [-0.2, 0) is 0 Å². The van der Waals surface area contributed by atoms with Gasteiger partial charge >= 0.3 is 0 Å². The molecule has 2 aromatic heterocycles. The average Bonchev–Trinajstić information content (AvgIpc) is 3.66. The van der Waals surface area contributed by atoms with Crippen molar-refractivity contribution in [1.29, 1.82) is 0 Å². The van der Waals surface area contributed by atoms with E-state index in [0.29, 0.717) is 5.56 Å². The largest absolute Gasteiger partial charge is 0.307 e. The maximum Gasteiger partial charge on any atom is 0.262 e. The maximum absolute atomic E-state index is 14.9. The summed E-state index contributed by atoms with van der Waals surface area (Å²) in [7, 11) is 0. The molecule has 9 rings (SSSR count). The van der Waals surface area contributed by atoms with E-state index in [-0.39, 0.29) is 5.91 Å². The topological polar surface area (TPSA) is 26.9 Å². The van der Waals surface area contributed by atoms with Crippen LogP contribution in [0, 0.1) is 0 Å². The predicted molar refractivity (Wildman–Crippen MR) is 191 cm³/mol. The van der Waals surface area contributed by atoms with Gasteiger partial charge in [-0.05, 0) is 52.2 Å². The fourth-order valence-electron chi connectivity index (χ4n) is 7.08. The molecular formula is C43H28N2O. The lowest BCUT2D eigenvalue weighted by Gasteiger charge is -2.14. The molecule has 3 nitrogen and oxygen atoms in total. The molecule has 0 unspecified atom stereocenters. The molecule has 0 aliphatic rings. The van der Waals surface area contributed by atoms with Crippen molar-refractivity contribution in [1.82, 2.24) is 9.13 Å². The highest BCUT2D eigenvalue weighted by Crippen LogP contribution is 2.46. The van der Waals surface area contributed by atoms with E-state index in [1.54, 1.807) is 0 Å². The van der Waals surface area contributed by atoms with Crippen molar-refractivity contribution in [2.24, 2.45) is 0 Å². The number of carbonyl (C=O) groups is 1. The van der Waals surface area contributed by atoms with Crippen LogP contribution in [0.2, 0.25) is 0 Å². The van der Waals surface area contributed by atoms with E-state index < -0.39 is 0 Å². The summed E-state index contributed by atoms with van der Waals surface area (Å²) in [5, 5.41) is 5.35. The van der Waals surface area contributed by atoms with Crippen molar-refractivity contribution >= 4 is 49.4 Å². The van der Waals surface area contributed by atoms with Crippen LogP contribution >= 0.6 is 0 Å². The summed E-state index contributed by atoms with van der Waals surface area (Å²) < 4.78 is 4.30. The van der Waals surface area contributed by atoms with Crippen molar-refractivity contribution in [3.8, 4) is 28.1 Å². The lowest BCUT2D eigenvalue weighted by atomic mass is 9.98. The van der Waals surface area contributed by atoms with Gasteiger partial charge in [-0.15, -0.1) is 0 Å². The third-order valence-electron chi connectivity index (χ3n) is 9.09. The summed E-state index contributed by atoms with van der Waals surface area (Å²) >= 11 is 0. The van der Waals surface area contributed by atoms with E-state index in [2.05, 4.69) is 132 Å². The van der Waals surface area contributed by atoms with Crippen LogP contribution in [-0.4, -0.2) is 15.0 Å². The second-order valence-electron chi connectivity index (χ2n) is 11.7. The molecule has 0 fully saturated rings. The van der Waals surface area contributed by atoms with Gasteiger partial charge in [-0.3, -0.25) is 9.36 Å². The zero-order chi connectivity index (χ0) is 30.6. The SMILES string of the molecule is O=C(c1ccc2ccccc2c1)n1c2ccccc2c2ccc3c(-c4ccccc4)c(-c4ccccc4)n(-c4ccccc4)c3c21. The Labute approximate surface area is 266 Å². The average molecular weight is 589 g/mol. The minimum atomic E-state index is -0.0483. The first-order valence-electron chi connectivity index (χ1n) is 15.6. The third kappa shape index (κ3) is 3.96. The molecule has 0 radical (unpaired) electrons. The molecule has 7 aromatic carbocycles. The van der Waals surface area contributed by atoms with Gasteiger partial charge < -0.3 is 4.57 Å². The number of carbonyl (C=O) groups excluding carboxylic acids is 1. The van der Waals surface area contributed by atoms with Crippen LogP contribution in [0.1, 0.15) is 10.4 Å². The van der Waals surface area contributed by atoms with Crippen LogP contribution in [0.15, 0.2) is 170 Å². The number of benzene rings is 7. The van der Waals surface area contributed by atoms with E-state index in [0.717, 1.165) is 71.6 Å². The van der Waals surface area contributed by atoms with Gasteiger partial charge in [0.15, 0.2) is 0 Å². The Morgan fingerprint density at radius 1 is 0.457 bits per heavy atom. The number of nitrogens with zero attached hydrogens (tertiary/aromatic N) is 2. The highest BCUT2D eigenvalue weighted by atomic mass is 16.2. The van der Waals surface area contributed by atoms with Crippen molar-refractivity contribution in [2.45, 2.75) is 0 Å². The van der Waals surface area contributed by atoms with Crippen molar-refractivity contribution in [2.75, 3.05) is 0 Å². The van der Waals surface area contributed by atoms with Gasteiger partial charge in [0.1, 0.15) is 0 Å². The van der Waals surface area contributed by atoms with Crippen molar-refractivity contribution in [3.63, 3.8) is 0 Å². The standard InChI is InChI=1S/C43H28N2O/c46-43(33-25-24-29-14-10-11-19-32(29)28-33)45-38-23-13-12-22-35(38)36-26-27-37-39(30-15-4-1-5-16-30)40(31-17-6-2-7-18-31)44(42(37)41(36)45)34-20-8-3-9-21-34/h1-28H. The van der Waals surface area contributed by atoms with Gasteiger partial charge in [0.2, 0.25) is 0 Å². The van der Waals surface area contributed by atoms with E-state index in [9.17, 15) is 4.79 Å². The summed E-state index contributed by atoms with van der Waals surface area (Å²) in [6.07, 6.45) is 0. The molecule has 9 aromatic rings. The molecule has 0 saturated carbocycles. The number of fused-ring (bicyclic) bond motifs is 6. The number of hydrogen-bond donors (Lipinski definition) is 0. The Bertz CT molecular complexity index is 2580. The molecule has 46 heavy (non-hydrogen) atoms. The van der Waals surface area contributed by atoms with Gasteiger partial charge in [0, 0.05) is 33.0 Å². The van der Waals surface area contributed by atoms with Crippen LogP contribution in [0.3, 0.4) is 0 Å². The summed E-state index contributed by atoms with van der Waals surface area (Å²) in [6.45, 7) is 0. The van der Waals surface area contributed by atoms with Crippen molar-refractivity contribution < 1.29 is 4.79 Å². The van der Waals surface area contributed by atoms with Gasteiger partial charge in [0.05, 0.1) is 22.2 Å². The second-order valence-corrected chi connectivity index (χ2v) is 11.7. The second kappa shape index (κ2) is 10.5. The molecular weight excluding hydrogens is 560 g/mol. The predicted octanol–water partition coefficient (Wildman–Crippen LogP) is 10.9. The fourth-order valence-corrected chi connectivity index (χ4v) is 7.08. The molecule has 0 aliphatic heterocycles. The summed E-state index contributed by atoms with van der Waals surface area (Å²) in [4.78, 5) is 14.9. The summed E-state index contributed by atoms with van der Waals surface area (Å²) in [5.41, 5.74) is 8.97. The normalized spacial score (nSPS) is 11.6. The van der Waals surface area contributed by atoms with Crippen LogP contribution < -0.4 is 0 Å². The first-order valence-corrected chi connectivity index (χ1v) is 15.6. The highest BCUT2D eigenvalue weighted by Gasteiger charge is 2.27. The van der Waals surface area contributed by atoms with Gasteiger partial charge in [-0.2, -0.15) is 0 Å². The molecule has 0 atom stereocenters. The van der Waals surface area contributed by atoms with Gasteiger partial charge in [0.25, 0.3) is 5.91 Å². The van der Waals surface area contributed by atoms with E-state index >= 15 is 0 Å². The molecule has 0 N–H and O–H groups in total. The monoisotopic (exact) mass is 588 g/mol. The summed E-state index contributed by atoms with van der Waals surface area (Å²) in [5.74, 6) is -0.0483. The Morgan fingerprint density at radius 2 is 1.07 bits per heavy atom. The lowest BCUT2D eigenvalue weighted by molar-refractivity contribution is 0.0969. The summed E-state index contributed by atoms with van der Waals surface area (Å²) in [6, 6.07) is 58.6. The number of aromatic nitrogens is 2. The zero-order valence-corrected chi connectivity index (χ0v) is 25.0. The quantitative estimate of drug-likeness (QED) is 0.201. The van der Waals surface area contributed by atoms with E-state index in [1.165, 1.54) is 0 Å². The Balaban J connectivity index is 1.49. The molecule has 0 aliphatic carbocycles. The first-order chi connectivity index (χ1) is 22.8. The van der Waals surface area contributed by atoms with Crippen LogP contribution in [0.5, 0.6) is 0 Å². The molecule has 216 valence electrons. The maximum atomic E-state index is 14.9. The molecule has 0 bridgehead atoms. The Hall–Kier alpha value is -6.19. The first kappa shape index (κ1) is 26.2. The number of rotatable bonds is 4. The highest BCUT2D eigenvalue weighted by molar-refractivity contribution is 6.25. The molecule has 0 amide bonds. The lowest BCUT2D eigenvalue weighted by Crippen LogP contribution is -2.12. The van der Waals surface area contributed by atoms with Gasteiger partial charge in [-0.1, -0.05) is 140 Å². The fraction of sp³-hybridized carbons (Fsp3) is 0. The number of para-hydroxylation sites is 2. The van der Waals surface area contributed by atoms with Crippen LogP contribution in [0.4, 0.5) is 0 Å².